The van der Waals surface area contributed by atoms with Crippen LogP contribution in [0.15, 0.2) is 36.4 Å². The summed E-state index contributed by atoms with van der Waals surface area (Å²) in [7, 11) is 1.87. The second-order valence-corrected chi connectivity index (χ2v) is 4.29. The lowest BCUT2D eigenvalue weighted by atomic mass is 10.3. The fourth-order valence-corrected chi connectivity index (χ4v) is 1.66. The van der Waals surface area contributed by atoms with Crippen molar-refractivity contribution in [2.45, 2.75) is 19.9 Å². The van der Waals surface area contributed by atoms with Crippen molar-refractivity contribution in [2.75, 3.05) is 13.7 Å². The van der Waals surface area contributed by atoms with E-state index in [1.165, 1.54) is 0 Å². The minimum atomic E-state index is 0.456. The SMILES string of the molecule is CCCOc1ccccc1Oc1ccc(CNC)nn1. The summed E-state index contributed by atoms with van der Waals surface area (Å²) in [6.45, 7) is 3.41. The monoisotopic (exact) mass is 273 g/mol. The smallest absolute Gasteiger partial charge is 0.239 e. The van der Waals surface area contributed by atoms with Crippen molar-refractivity contribution in [3.63, 3.8) is 0 Å². The lowest BCUT2D eigenvalue weighted by Gasteiger charge is -2.11. The molecular formula is C15H19N3O2. The van der Waals surface area contributed by atoms with Crippen molar-refractivity contribution in [3.8, 4) is 17.4 Å². The van der Waals surface area contributed by atoms with E-state index in [0.717, 1.165) is 17.9 Å². The van der Waals surface area contributed by atoms with Gasteiger partial charge in [0.15, 0.2) is 11.5 Å². The van der Waals surface area contributed by atoms with Crippen molar-refractivity contribution >= 4 is 0 Å². The fourth-order valence-electron chi connectivity index (χ4n) is 1.66. The highest BCUT2D eigenvalue weighted by Gasteiger charge is 2.06. The first-order valence-corrected chi connectivity index (χ1v) is 6.70. The highest BCUT2D eigenvalue weighted by atomic mass is 16.5. The van der Waals surface area contributed by atoms with Crippen molar-refractivity contribution in [1.82, 2.24) is 15.5 Å². The molecule has 1 aromatic carbocycles. The largest absolute Gasteiger partial charge is 0.490 e. The van der Waals surface area contributed by atoms with Crippen molar-refractivity contribution in [1.29, 1.82) is 0 Å². The predicted octanol–water partition coefficient (Wildman–Crippen LogP) is 2.78. The second kappa shape index (κ2) is 7.45. The molecule has 1 aromatic heterocycles. The predicted molar refractivity (Wildman–Crippen MR) is 77.1 cm³/mol. The zero-order valence-electron chi connectivity index (χ0n) is 11.8. The molecule has 0 spiro atoms. The maximum Gasteiger partial charge on any atom is 0.239 e. The van der Waals surface area contributed by atoms with E-state index in [1.807, 2.05) is 37.4 Å². The zero-order chi connectivity index (χ0) is 14.2. The molecule has 0 aliphatic rings. The van der Waals surface area contributed by atoms with Gasteiger partial charge in [-0.15, -0.1) is 5.10 Å². The van der Waals surface area contributed by atoms with Crippen LogP contribution in [0.3, 0.4) is 0 Å². The summed E-state index contributed by atoms with van der Waals surface area (Å²) in [5, 5.41) is 11.1. The molecule has 0 aliphatic carbocycles. The van der Waals surface area contributed by atoms with E-state index in [4.69, 9.17) is 9.47 Å². The topological polar surface area (TPSA) is 56.3 Å². The summed E-state index contributed by atoms with van der Waals surface area (Å²) < 4.78 is 11.4. The van der Waals surface area contributed by atoms with Crippen LogP contribution in [0.5, 0.6) is 17.4 Å². The van der Waals surface area contributed by atoms with Crippen molar-refractivity contribution in [3.05, 3.63) is 42.1 Å². The van der Waals surface area contributed by atoms with E-state index >= 15 is 0 Å². The average Bonchev–Trinajstić information content (AvgIpc) is 2.49. The van der Waals surface area contributed by atoms with Crippen LogP contribution in [0.4, 0.5) is 0 Å². The Labute approximate surface area is 118 Å². The normalized spacial score (nSPS) is 10.3. The van der Waals surface area contributed by atoms with Crippen LogP contribution in [-0.2, 0) is 6.54 Å². The first-order chi connectivity index (χ1) is 9.83. The van der Waals surface area contributed by atoms with E-state index in [2.05, 4.69) is 22.4 Å². The van der Waals surface area contributed by atoms with E-state index in [9.17, 15) is 0 Å². The van der Waals surface area contributed by atoms with Gasteiger partial charge in [-0.2, -0.15) is 5.10 Å². The van der Waals surface area contributed by atoms with Crippen LogP contribution < -0.4 is 14.8 Å². The maximum absolute atomic E-state index is 5.72. The maximum atomic E-state index is 5.72. The number of nitrogens with one attached hydrogen (secondary N) is 1. The summed E-state index contributed by atoms with van der Waals surface area (Å²) in [6, 6.07) is 11.2. The summed E-state index contributed by atoms with van der Waals surface area (Å²) in [4.78, 5) is 0. The van der Waals surface area contributed by atoms with E-state index < -0.39 is 0 Å². The highest BCUT2D eigenvalue weighted by molar-refractivity contribution is 5.41. The van der Waals surface area contributed by atoms with Crippen LogP contribution in [0, 0.1) is 0 Å². The Morgan fingerprint density at radius 3 is 2.50 bits per heavy atom. The first-order valence-electron chi connectivity index (χ1n) is 6.70. The van der Waals surface area contributed by atoms with Gasteiger partial charge < -0.3 is 14.8 Å². The van der Waals surface area contributed by atoms with Gasteiger partial charge in [-0.05, 0) is 31.7 Å². The number of aromatic nitrogens is 2. The molecule has 0 unspecified atom stereocenters. The summed E-state index contributed by atoms with van der Waals surface area (Å²) in [5.41, 5.74) is 0.871. The molecule has 1 N–H and O–H groups in total. The van der Waals surface area contributed by atoms with Crippen LogP contribution in [0.1, 0.15) is 19.0 Å². The number of nitrogens with zero attached hydrogens (tertiary/aromatic N) is 2. The molecule has 5 nitrogen and oxygen atoms in total. The molecule has 0 saturated carbocycles. The summed E-state index contributed by atoms with van der Waals surface area (Å²) in [6.07, 6.45) is 0.951. The average molecular weight is 273 g/mol. The second-order valence-electron chi connectivity index (χ2n) is 4.29. The van der Waals surface area contributed by atoms with E-state index in [1.54, 1.807) is 6.07 Å². The van der Waals surface area contributed by atoms with Crippen LogP contribution in [0.2, 0.25) is 0 Å². The van der Waals surface area contributed by atoms with E-state index in [-0.39, 0.29) is 0 Å². The number of benzene rings is 1. The molecular weight excluding hydrogens is 254 g/mol. The third-order valence-corrected chi connectivity index (χ3v) is 2.58. The van der Waals surface area contributed by atoms with Crippen LogP contribution in [0.25, 0.3) is 0 Å². The molecule has 0 radical (unpaired) electrons. The standard InChI is InChI=1S/C15H19N3O2/c1-3-10-19-13-6-4-5-7-14(13)20-15-9-8-12(11-16-2)17-18-15/h4-9,16H,3,10-11H2,1-2H3. The van der Waals surface area contributed by atoms with Gasteiger partial charge in [-0.25, -0.2) is 0 Å². The van der Waals surface area contributed by atoms with Gasteiger partial charge in [-0.3, -0.25) is 0 Å². The Bertz CT molecular complexity index is 529. The molecule has 0 aliphatic heterocycles. The minimum absolute atomic E-state index is 0.456. The fraction of sp³-hybridized carbons (Fsp3) is 0.333. The van der Waals surface area contributed by atoms with Gasteiger partial charge in [0.25, 0.3) is 0 Å². The number of hydrogen-bond donors (Lipinski definition) is 1. The number of ether oxygens (including phenoxy) is 2. The van der Waals surface area contributed by atoms with Gasteiger partial charge in [0.1, 0.15) is 0 Å². The van der Waals surface area contributed by atoms with Crippen LogP contribution in [-0.4, -0.2) is 23.9 Å². The van der Waals surface area contributed by atoms with Crippen molar-refractivity contribution < 1.29 is 9.47 Å². The molecule has 2 aromatic rings. The van der Waals surface area contributed by atoms with Gasteiger partial charge in [0.05, 0.1) is 12.3 Å². The lowest BCUT2D eigenvalue weighted by molar-refractivity contribution is 0.300. The Kier molecular flexibility index (Phi) is 5.32. The molecule has 0 saturated heterocycles. The van der Waals surface area contributed by atoms with Gasteiger partial charge >= 0.3 is 0 Å². The molecule has 1 heterocycles. The molecule has 0 amide bonds. The molecule has 2 rings (SSSR count). The van der Waals surface area contributed by atoms with Crippen molar-refractivity contribution in [2.24, 2.45) is 0 Å². The molecule has 0 fully saturated rings. The highest BCUT2D eigenvalue weighted by Crippen LogP contribution is 2.30. The zero-order valence-corrected chi connectivity index (χ0v) is 11.8. The quantitative estimate of drug-likeness (QED) is 0.840. The molecule has 5 heteroatoms. The number of hydrogen-bond acceptors (Lipinski definition) is 5. The molecule has 20 heavy (non-hydrogen) atoms. The molecule has 0 atom stereocenters. The summed E-state index contributed by atoms with van der Waals surface area (Å²) in [5.74, 6) is 1.82. The Hall–Kier alpha value is -2.14. The third-order valence-electron chi connectivity index (χ3n) is 2.58. The number of rotatable bonds is 7. The minimum Gasteiger partial charge on any atom is -0.490 e. The number of para-hydroxylation sites is 2. The van der Waals surface area contributed by atoms with Gasteiger partial charge in [-0.1, -0.05) is 19.1 Å². The Morgan fingerprint density at radius 1 is 1.05 bits per heavy atom. The first kappa shape index (κ1) is 14.3. The van der Waals surface area contributed by atoms with Gasteiger partial charge in [0, 0.05) is 12.6 Å². The Morgan fingerprint density at radius 2 is 1.85 bits per heavy atom. The lowest BCUT2D eigenvalue weighted by Crippen LogP contribution is -2.07. The molecule has 106 valence electrons. The third kappa shape index (κ3) is 3.93. The summed E-state index contributed by atoms with van der Waals surface area (Å²) >= 11 is 0. The van der Waals surface area contributed by atoms with E-state index in [0.29, 0.717) is 24.8 Å². The Balaban J connectivity index is 2.08. The van der Waals surface area contributed by atoms with Gasteiger partial charge in [0.2, 0.25) is 5.88 Å². The molecule has 0 bridgehead atoms. The van der Waals surface area contributed by atoms with Crippen LogP contribution >= 0.6 is 0 Å².